The van der Waals surface area contributed by atoms with Crippen LogP contribution in [0.5, 0.6) is 0 Å². The van der Waals surface area contributed by atoms with Crippen molar-refractivity contribution in [3.05, 3.63) is 11.6 Å². The highest BCUT2D eigenvalue weighted by molar-refractivity contribution is 5.87. The molecule has 3 heteroatoms. The molecule has 0 N–H and O–H groups in total. The molecule has 0 aromatic heterocycles. The molecule has 14 heavy (non-hydrogen) atoms. The Balaban J connectivity index is 4.15. The minimum absolute atomic E-state index is 0.208. The molecule has 0 aromatic carbocycles. The number of ether oxygens (including phenoxy) is 1. The van der Waals surface area contributed by atoms with E-state index in [4.69, 9.17) is 4.74 Å². The van der Waals surface area contributed by atoms with Gasteiger partial charge in [0.05, 0.1) is 6.61 Å². The number of esters is 1. The largest absolute Gasteiger partial charge is 0.462 e. The highest BCUT2D eigenvalue weighted by Crippen LogP contribution is 2.02. The van der Waals surface area contributed by atoms with Gasteiger partial charge in [-0.25, -0.2) is 4.79 Å². The Kier molecular flexibility index (Phi) is 6.21. The van der Waals surface area contributed by atoms with Crippen LogP contribution in [0.25, 0.3) is 0 Å². The summed E-state index contributed by atoms with van der Waals surface area (Å²) in [5.74, 6) is -0.208. The van der Waals surface area contributed by atoms with Gasteiger partial charge < -0.3 is 9.64 Å². The van der Waals surface area contributed by atoms with Gasteiger partial charge in [0.1, 0.15) is 0 Å². The van der Waals surface area contributed by atoms with Gasteiger partial charge in [-0.2, -0.15) is 0 Å². The van der Waals surface area contributed by atoms with Gasteiger partial charge in [0.2, 0.25) is 0 Å². The van der Waals surface area contributed by atoms with Crippen LogP contribution in [0.3, 0.4) is 0 Å². The summed E-state index contributed by atoms with van der Waals surface area (Å²) in [7, 11) is 3.96. The van der Waals surface area contributed by atoms with E-state index < -0.39 is 0 Å². The standard InChI is InChI=1S/C11H21NO2/c1-6-7-14-11(13)9(2)8-10(3)12(4)5/h8,10H,6-7H2,1-5H3. The number of carbonyl (C=O) groups is 1. The molecule has 0 saturated carbocycles. The normalized spacial score (nSPS) is 14.3. The Morgan fingerprint density at radius 3 is 2.50 bits per heavy atom. The molecule has 0 aliphatic rings. The van der Waals surface area contributed by atoms with E-state index >= 15 is 0 Å². The van der Waals surface area contributed by atoms with Crippen molar-refractivity contribution in [2.75, 3.05) is 20.7 Å². The lowest BCUT2D eigenvalue weighted by Gasteiger charge is -2.16. The van der Waals surface area contributed by atoms with Gasteiger partial charge in [-0.15, -0.1) is 0 Å². The molecule has 1 unspecified atom stereocenters. The van der Waals surface area contributed by atoms with Crippen molar-refractivity contribution in [3.63, 3.8) is 0 Å². The SMILES string of the molecule is CCCOC(=O)C(C)=CC(C)N(C)C. The van der Waals surface area contributed by atoms with Gasteiger partial charge >= 0.3 is 5.97 Å². The first-order valence-corrected chi connectivity index (χ1v) is 5.01. The highest BCUT2D eigenvalue weighted by Gasteiger charge is 2.08. The third kappa shape index (κ3) is 5.02. The summed E-state index contributed by atoms with van der Waals surface area (Å²) in [4.78, 5) is 13.4. The molecule has 82 valence electrons. The molecular weight excluding hydrogens is 178 g/mol. The van der Waals surface area contributed by atoms with Crippen molar-refractivity contribution < 1.29 is 9.53 Å². The summed E-state index contributed by atoms with van der Waals surface area (Å²) < 4.78 is 5.01. The molecule has 0 rings (SSSR count). The van der Waals surface area contributed by atoms with Crippen molar-refractivity contribution in [2.24, 2.45) is 0 Å². The molecule has 0 spiro atoms. The lowest BCUT2D eigenvalue weighted by atomic mass is 10.2. The summed E-state index contributed by atoms with van der Waals surface area (Å²) in [6.45, 7) is 6.31. The lowest BCUT2D eigenvalue weighted by molar-refractivity contribution is -0.139. The second kappa shape index (κ2) is 6.60. The number of likely N-dealkylation sites (N-methyl/N-ethyl adjacent to an activating group) is 1. The van der Waals surface area contributed by atoms with E-state index in [9.17, 15) is 4.79 Å². The van der Waals surface area contributed by atoms with E-state index in [2.05, 4.69) is 0 Å². The first-order valence-electron chi connectivity index (χ1n) is 5.01. The maximum Gasteiger partial charge on any atom is 0.333 e. The van der Waals surface area contributed by atoms with Crippen LogP contribution in [0, 0.1) is 0 Å². The molecular formula is C11H21NO2. The molecule has 0 aliphatic carbocycles. The maximum absolute atomic E-state index is 11.4. The molecule has 0 saturated heterocycles. The first kappa shape index (κ1) is 13.2. The van der Waals surface area contributed by atoms with Gasteiger partial charge in [0.15, 0.2) is 0 Å². The van der Waals surface area contributed by atoms with E-state index in [0.717, 1.165) is 6.42 Å². The fourth-order valence-electron chi connectivity index (χ4n) is 0.888. The Bertz CT molecular complexity index is 209. The summed E-state index contributed by atoms with van der Waals surface area (Å²) in [6, 6.07) is 0.254. The number of hydrogen-bond donors (Lipinski definition) is 0. The predicted molar refractivity (Wildman–Crippen MR) is 58.2 cm³/mol. The molecule has 3 nitrogen and oxygen atoms in total. The van der Waals surface area contributed by atoms with Crippen LogP contribution in [0.4, 0.5) is 0 Å². The Morgan fingerprint density at radius 1 is 1.50 bits per heavy atom. The summed E-state index contributed by atoms with van der Waals surface area (Å²) in [6.07, 6.45) is 2.78. The van der Waals surface area contributed by atoms with Crippen molar-refractivity contribution in [3.8, 4) is 0 Å². The van der Waals surface area contributed by atoms with Gasteiger partial charge in [0.25, 0.3) is 0 Å². The van der Waals surface area contributed by atoms with Crippen molar-refractivity contribution in [1.29, 1.82) is 0 Å². The van der Waals surface area contributed by atoms with Crippen LogP contribution in [0.1, 0.15) is 27.2 Å². The van der Waals surface area contributed by atoms with Crippen molar-refractivity contribution in [2.45, 2.75) is 33.2 Å². The Hall–Kier alpha value is -0.830. The molecule has 0 amide bonds. The quantitative estimate of drug-likeness (QED) is 0.500. The molecule has 0 heterocycles. The van der Waals surface area contributed by atoms with Crippen LogP contribution >= 0.6 is 0 Å². The third-order valence-corrected chi connectivity index (χ3v) is 2.06. The summed E-state index contributed by atoms with van der Waals surface area (Å²) in [5.41, 5.74) is 0.680. The molecule has 0 aromatic rings. The number of rotatable bonds is 5. The molecule has 1 atom stereocenters. The zero-order valence-electron chi connectivity index (χ0n) is 9.83. The van der Waals surface area contributed by atoms with Gasteiger partial charge in [-0.3, -0.25) is 0 Å². The minimum atomic E-state index is -0.208. The minimum Gasteiger partial charge on any atom is -0.462 e. The zero-order chi connectivity index (χ0) is 11.1. The van der Waals surface area contributed by atoms with Crippen LogP contribution in [-0.2, 0) is 9.53 Å². The van der Waals surface area contributed by atoms with Gasteiger partial charge in [-0.05, 0) is 34.4 Å². The molecule has 0 fully saturated rings. The third-order valence-electron chi connectivity index (χ3n) is 2.06. The number of hydrogen-bond acceptors (Lipinski definition) is 3. The average molecular weight is 199 g/mol. The topological polar surface area (TPSA) is 29.5 Å². The fourth-order valence-corrected chi connectivity index (χ4v) is 0.888. The Labute approximate surface area is 86.7 Å². The van der Waals surface area contributed by atoms with Crippen molar-refractivity contribution in [1.82, 2.24) is 4.90 Å². The van der Waals surface area contributed by atoms with E-state index in [1.807, 2.05) is 38.9 Å². The highest BCUT2D eigenvalue weighted by atomic mass is 16.5. The first-order chi connectivity index (χ1) is 6.49. The monoisotopic (exact) mass is 199 g/mol. The lowest BCUT2D eigenvalue weighted by Crippen LogP contribution is -2.23. The van der Waals surface area contributed by atoms with Crippen LogP contribution in [0.2, 0.25) is 0 Å². The van der Waals surface area contributed by atoms with E-state index in [1.54, 1.807) is 6.92 Å². The van der Waals surface area contributed by atoms with E-state index in [0.29, 0.717) is 12.2 Å². The average Bonchev–Trinajstić information content (AvgIpc) is 2.13. The predicted octanol–water partition coefficient (Wildman–Crippen LogP) is 1.84. The maximum atomic E-state index is 11.4. The molecule has 0 bridgehead atoms. The van der Waals surface area contributed by atoms with E-state index in [1.165, 1.54) is 0 Å². The van der Waals surface area contributed by atoms with Gasteiger partial charge in [0, 0.05) is 11.6 Å². The molecule has 0 radical (unpaired) electrons. The summed E-state index contributed by atoms with van der Waals surface area (Å²) >= 11 is 0. The number of carbonyl (C=O) groups excluding carboxylic acids is 1. The second-order valence-electron chi connectivity index (χ2n) is 3.69. The van der Waals surface area contributed by atoms with E-state index in [-0.39, 0.29) is 12.0 Å². The second-order valence-corrected chi connectivity index (χ2v) is 3.69. The summed E-state index contributed by atoms with van der Waals surface area (Å²) in [5, 5.41) is 0. The van der Waals surface area contributed by atoms with Crippen LogP contribution in [0.15, 0.2) is 11.6 Å². The fraction of sp³-hybridized carbons (Fsp3) is 0.727. The smallest absolute Gasteiger partial charge is 0.333 e. The Morgan fingerprint density at radius 2 is 2.07 bits per heavy atom. The van der Waals surface area contributed by atoms with Gasteiger partial charge in [-0.1, -0.05) is 13.0 Å². The number of nitrogens with zero attached hydrogens (tertiary/aromatic N) is 1. The zero-order valence-corrected chi connectivity index (χ0v) is 9.83. The van der Waals surface area contributed by atoms with Crippen LogP contribution < -0.4 is 0 Å². The van der Waals surface area contributed by atoms with Crippen LogP contribution in [-0.4, -0.2) is 37.6 Å². The molecule has 0 aliphatic heterocycles. The van der Waals surface area contributed by atoms with Crippen molar-refractivity contribution >= 4 is 5.97 Å².